The van der Waals surface area contributed by atoms with Gasteiger partial charge in [-0.2, -0.15) is 0 Å². The van der Waals surface area contributed by atoms with Crippen molar-refractivity contribution in [1.82, 2.24) is 0 Å². The minimum atomic E-state index is -0.332. The van der Waals surface area contributed by atoms with Gasteiger partial charge in [0.05, 0.1) is 24.2 Å². The van der Waals surface area contributed by atoms with Crippen LogP contribution in [0.3, 0.4) is 0 Å². The molecule has 1 aromatic rings. The molecular weight excluding hydrogens is 318 g/mol. The standard InChI is InChI=1S/C13H15BrClNO2/c1-16-6-2-3-10(8-16)18-13(17)11-7-9(14)4-5-12(11)15/h4-5,7,10H,2-3,6,8H2,1H3/p+1/t10-/m1/s1. The first-order valence-electron chi connectivity index (χ1n) is 6.03. The minimum Gasteiger partial charge on any atom is -0.453 e. The number of likely N-dealkylation sites (tertiary alicyclic amines) is 1. The molecule has 1 fully saturated rings. The molecule has 1 unspecified atom stereocenters. The summed E-state index contributed by atoms with van der Waals surface area (Å²) in [5.74, 6) is -0.332. The molecule has 5 heteroatoms. The Balaban J connectivity index is 2.05. The number of carbonyl (C=O) groups is 1. The molecule has 0 aliphatic carbocycles. The summed E-state index contributed by atoms with van der Waals surface area (Å²) in [6.07, 6.45) is 2.03. The lowest BCUT2D eigenvalue weighted by Crippen LogP contribution is -3.11. The highest BCUT2D eigenvalue weighted by atomic mass is 79.9. The van der Waals surface area contributed by atoms with E-state index in [-0.39, 0.29) is 12.1 Å². The SMILES string of the molecule is C[NH+]1CCC[C@@H](OC(=O)c2cc(Br)ccc2Cl)C1. The maximum Gasteiger partial charge on any atom is 0.340 e. The number of esters is 1. The summed E-state index contributed by atoms with van der Waals surface area (Å²) in [6, 6.07) is 5.20. The number of quaternary nitrogens is 1. The second-order valence-corrected chi connectivity index (χ2v) is 6.03. The molecule has 1 aromatic carbocycles. The van der Waals surface area contributed by atoms with Crippen molar-refractivity contribution in [2.45, 2.75) is 18.9 Å². The zero-order chi connectivity index (χ0) is 13.1. The number of halogens is 2. The number of hydrogen-bond acceptors (Lipinski definition) is 2. The van der Waals surface area contributed by atoms with Gasteiger partial charge in [-0.3, -0.25) is 0 Å². The highest BCUT2D eigenvalue weighted by Gasteiger charge is 2.25. The fourth-order valence-corrected chi connectivity index (χ4v) is 2.75. The van der Waals surface area contributed by atoms with Crippen molar-refractivity contribution >= 4 is 33.5 Å². The van der Waals surface area contributed by atoms with E-state index in [1.54, 1.807) is 18.2 Å². The molecule has 98 valence electrons. The lowest BCUT2D eigenvalue weighted by molar-refractivity contribution is -0.888. The van der Waals surface area contributed by atoms with E-state index in [1.165, 1.54) is 4.90 Å². The van der Waals surface area contributed by atoms with Crippen molar-refractivity contribution in [3.8, 4) is 0 Å². The fourth-order valence-electron chi connectivity index (χ4n) is 2.19. The summed E-state index contributed by atoms with van der Waals surface area (Å²) in [5, 5.41) is 0.430. The normalized spacial score (nSPS) is 23.7. The monoisotopic (exact) mass is 332 g/mol. The zero-order valence-electron chi connectivity index (χ0n) is 10.2. The number of carbonyl (C=O) groups excluding carboxylic acids is 1. The molecule has 3 nitrogen and oxygen atoms in total. The van der Waals surface area contributed by atoms with Gasteiger partial charge in [0.15, 0.2) is 6.10 Å². The molecule has 1 N–H and O–H groups in total. The van der Waals surface area contributed by atoms with Gasteiger partial charge in [-0.25, -0.2) is 4.79 Å². The van der Waals surface area contributed by atoms with Crippen molar-refractivity contribution in [1.29, 1.82) is 0 Å². The van der Waals surface area contributed by atoms with Gasteiger partial charge in [0.2, 0.25) is 0 Å². The third-order valence-electron chi connectivity index (χ3n) is 3.13. The van der Waals surface area contributed by atoms with E-state index in [1.807, 2.05) is 0 Å². The number of rotatable bonds is 2. The summed E-state index contributed by atoms with van der Waals surface area (Å²) in [7, 11) is 2.12. The van der Waals surface area contributed by atoms with E-state index in [4.69, 9.17) is 16.3 Å². The van der Waals surface area contributed by atoms with Crippen LogP contribution in [0.2, 0.25) is 5.02 Å². The maximum absolute atomic E-state index is 12.1. The molecule has 0 aromatic heterocycles. The molecule has 1 saturated heterocycles. The largest absolute Gasteiger partial charge is 0.453 e. The first-order valence-corrected chi connectivity index (χ1v) is 7.20. The molecule has 1 aliphatic rings. The summed E-state index contributed by atoms with van der Waals surface area (Å²) in [6.45, 7) is 2.02. The molecule has 2 rings (SSSR count). The van der Waals surface area contributed by atoms with E-state index in [2.05, 4.69) is 23.0 Å². The number of likely N-dealkylation sites (N-methyl/N-ethyl adjacent to an activating group) is 1. The molecule has 0 amide bonds. The maximum atomic E-state index is 12.1. The Hall–Kier alpha value is -0.580. The Labute approximate surface area is 120 Å². The van der Waals surface area contributed by atoms with E-state index < -0.39 is 0 Å². The van der Waals surface area contributed by atoms with Crippen LogP contribution in [0.5, 0.6) is 0 Å². The van der Waals surface area contributed by atoms with Crippen LogP contribution < -0.4 is 4.90 Å². The summed E-state index contributed by atoms with van der Waals surface area (Å²) in [5.41, 5.74) is 0.425. The van der Waals surface area contributed by atoms with Gasteiger partial charge in [-0.05, 0) is 24.6 Å². The van der Waals surface area contributed by atoms with E-state index in [0.29, 0.717) is 10.6 Å². The lowest BCUT2D eigenvalue weighted by atomic mass is 10.1. The molecule has 0 bridgehead atoms. The average Bonchev–Trinajstić information content (AvgIpc) is 2.32. The number of nitrogens with one attached hydrogen (secondary N) is 1. The summed E-state index contributed by atoms with van der Waals surface area (Å²) in [4.78, 5) is 13.5. The highest BCUT2D eigenvalue weighted by Crippen LogP contribution is 2.22. The Kier molecular flexibility index (Phi) is 4.65. The van der Waals surface area contributed by atoms with Crippen LogP contribution >= 0.6 is 27.5 Å². The number of piperidine rings is 1. The van der Waals surface area contributed by atoms with Crippen molar-refractivity contribution in [2.24, 2.45) is 0 Å². The zero-order valence-corrected chi connectivity index (χ0v) is 12.6. The van der Waals surface area contributed by atoms with Crippen LogP contribution in [0.1, 0.15) is 23.2 Å². The Bertz CT molecular complexity index is 453. The quantitative estimate of drug-likeness (QED) is 0.839. The van der Waals surface area contributed by atoms with Gasteiger partial charge < -0.3 is 9.64 Å². The number of benzene rings is 1. The smallest absolute Gasteiger partial charge is 0.340 e. The molecule has 1 aliphatic heterocycles. The average molecular weight is 334 g/mol. The Morgan fingerprint density at radius 2 is 2.33 bits per heavy atom. The molecule has 1 heterocycles. The predicted molar refractivity (Wildman–Crippen MR) is 74.2 cm³/mol. The van der Waals surface area contributed by atoms with E-state index in [0.717, 1.165) is 30.4 Å². The first-order chi connectivity index (χ1) is 8.56. The highest BCUT2D eigenvalue weighted by molar-refractivity contribution is 9.10. The van der Waals surface area contributed by atoms with Crippen LogP contribution in [0.25, 0.3) is 0 Å². The van der Waals surface area contributed by atoms with Crippen LogP contribution in [0.15, 0.2) is 22.7 Å². The van der Waals surface area contributed by atoms with Crippen molar-refractivity contribution in [3.63, 3.8) is 0 Å². The van der Waals surface area contributed by atoms with Crippen LogP contribution in [0.4, 0.5) is 0 Å². The molecule has 0 spiro atoms. The van der Waals surface area contributed by atoms with Crippen LogP contribution in [0, 0.1) is 0 Å². The topological polar surface area (TPSA) is 30.7 Å². The summed E-state index contributed by atoms with van der Waals surface area (Å²) < 4.78 is 6.34. The second kappa shape index (κ2) is 6.04. The van der Waals surface area contributed by atoms with Crippen LogP contribution in [-0.4, -0.2) is 32.2 Å². The van der Waals surface area contributed by atoms with Gasteiger partial charge in [0.1, 0.15) is 6.54 Å². The lowest BCUT2D eigenvalue weighted by Gasteiger charge is -2.26. The fraction of sp³-hybridized carbons (Fsp3) is 0.462. The predicted octanol–water partition coefficient (Wildman–Crippen LogP) is 1.94. The second-order valence-electron chi connectivity index (χ2n) is 4.70. The van der Waals surface area contributed by atoms with Crippen molar-refractivity contribution in [2.75, 3.05) is 20.1 Å². The molecule has 0 radical (unpaired) electrons. The van der Waals surface area contributed by atoms with Gasteiger partial charge in [0, 0.05) is 10.9 Å². The van der Waals surface area contributed by atoms with Gasteiger partial charge in [0.25, 0.3) is 0 Å². The summed E-state index contributed by atoms with van der Waals surface area (Å²) >= 11 is 9.34. The van der Waals surface area contributed by atoms with E-state index >= 15 is 0 Å². The molecular formula is C13H16BrClNO2+. The molecule has 18 heavy (non-hydrogen) atoms. The molecule has 0 saturated carbocycles. The third kappa shape index (κ3) is 3.46. The van der Waals surface area contributed by atoms with Crippen molar-refractivity contribution < 1.29 is 14.4 Å². The van der Waals surface area contributed by atoms with Crippen molar-refractivity contribution in [3.05, 3.63) is 33.3 Å². The Morgan fingerprint density at radius 3 is 3.06 bits per heavy atom. The Morgan fingerprint density at radius 1 is 1.56 bits per heavy atom. The number of hydrogen-bond donors (Lipinski definition) is 1. The van der Waals surface area contributed by atoms with Gasteiger partial charge in [-0.15, -0.1) is 0 Å². The minimum absolute atomic E-state index is 0.00120. The number of ether oxygens (including phenoxy) is 1. The van der Waals surface area contributed by atoms with Crippen LogP contribution in [-0.2, 0) is 4.74 Å². The van der Waals surface area contributed by atoms with E-state index in [9.17, 15) is 4.79 Å². The molecule has 2 atom stereocenters. The third-order valence-corrected chi connectivity index (χ3v) is 3.95. The van der Waals surface area contributed by atoms with Gasteiger partial charge >= 0.3 is 5.97 Å². The van der Waals surface area contributed by atoms with Gasteiger partial charge in [-0.1, -0.05) is 27.5 Å². The first kappa shape index (κ1) is 13.8.